The molecule has 0 aromatic heterocycles. The van der Waals surface area contributed by atoms with E-state index in [-0.39, 0.29) is 18.0 Å². The lowest BCUT2D eigenvalue weighted by Gasteiger charge is -2.18. The Morgan fingerprint density at radius 1 is 1.46 bits per heavy atom. The van der Waals surface area contributed by atoms with E-state index >= 15 is 0 Å². The van der Waals surface area contributed by atoms with Gasteiger partial charge >= 0.3 is 0 Å². The number of hydrogen-bond acceptors (Lipinski definition) is 2. The molecule has 0 saturated heterocycles. The molecule has 0 fully saturated rings. The summed E-state index contributed by atoms with van der Waals surface area (Å²) >= 11 is 0. The first-order valence-electron chi connectivity index (χ1n) is 4.72. The van der Waals surface area contributed by atoms with Gasteiger partial charge in [-0.2, -0.15) is 0 Å². The van der Waals surface area contributed by atoms with Crippen LogP contribution in [-0.2, 0) is 9.53 Å². The Morgan fingerprint density at radius 2 is 2.08 bits per heavy atom. The largest absolute Gasteiger partial charge is 0.368 e. The van der Waals surface area contributed by atoms with E-state index in [0.29, 0.717) is 6.42 Å². The molecule has 0 bridgehead atoms. The minimum atomic E-state index is -0.214. The lowest BCUT2D eigenvalue weighted by molar-refractivity contribution is -0.128. The normalized spacial score (nSPS) is 11.3. The van der Waals surface area contributed by atoms with Crippen LogP contribution in [-0.4, -0.2) is 18.0 Å². The highest BCUT2D eigenvalue weighted by Gasteiger charge is 2.12. The van der Waals surface area contributed by atoms with Crippen LogP contribution in [0.25, 0.3) is 0 Å². The van der Waals surface area contributed by atoms with Crippen LogP contribution in [0.15, 0.2) is 12.7 Å². The zero-order valence-electron chi connectivity index (χ0n) is 8.93. The van der Waals surface area contributed by atoms with Gasteiger partial charge in [0.2, 0.25) is 0 Å². The van der Waals surface area contributed by atoms with Crippen LogP contribution in [0.1, 0.15) is 40.0 Å². The molecule has 0 saturated carbocycles. The zero-order valence-corrected chi connectivity index (χ0v) is 8.93. The molecule has 0 aromatic carbocycles. The quantitative estimate of drug-likeness (QED) is 0.468. The van der Waals surface area contributed by atoms with Crippen molar-refractivity contribution in [2.24, 2.45) is 0 Å². The minimum absolute atomic E-state index is 0.178. The van der Waals surface area contributed by atoms with E-state index in [9.17, 15) is 4.79 Å². The Bertz CT molecular complexity index is 165. The fourth-order valence-electron chi connectivity index (χ4n) is 0.813. The van der Waals surface area contributed by atoms with Crippen LogP contribution in [0.4, 0.5) is 0 Å². The number of ether oxygens (including phenoxy) is 1. The monoisotopic (exact) mass is 184 g/mol. The molecule has 0 aliphatic heterocycles. The molecule has 0 spiro atoms. The van der Waals surface area contributed by atoms with Crippen LogP contribution in [0.3, 0.4) is 0 Å². The van der Waals surface area contributed by atoms with Gasteiger partial charge in [-0.25, -0.2) is 0 Å². The fraction of sp³-hybridized carbons (Fsp3) is 0.727. The molecule has 2 nitrogen and oxygen atoms in total. The van der Waals surface area contributed by atoms with Crippen molar-refractivity contribution in [3.05, 3.63) is 12.7 Å². The minimum Gasteiger partial charge on any atom is -0.368 e. The molecule has 0 atom stereocenters. The van der Waals surface area contributed by atoms with Crippen molar-refractivity contribution in [1.82, 2.24) is 0 Å². The Hall–Kier alpha value is -0.630. The standard InChI is InChI=1S/C11H20O2/c1-5-6-7-8-10(12)9-13-11(2,3)4/h5H,1,6-9H2,2-4H3. The summed E-state index contributed by atoms with van der Waals surface area (Å²) in [5, 5.41) is 0. The number of rotatable bonds is 6. The molecule has 76 valence electrons. The molecule has 0 radical (unpaired) electrons. The summed E-state index contributed by atoms with van der Waals surface area (Å²) in [6.07, 6.45) is 4.22. The molecule has 0 heterocycles. The van der Waals surface area contributed by atoms with E-state index in [1.54, 1.807) is 0 Å². The van der Waals surface area contributed by atoms with Crippen molar-refractivity contribution in [2.75, 3.05) is 6.61 Å². The Kier molecular flexibility index (Phi) is 5.63. The van der Waals surface area contributed by atoms with Gasteiger partial charge in [0, 0.05) is 6.42 Å². The third kappa shape index (κ3) is 9.28. The lowest BCUT2D eigenvalue weighted by Crippen LogP contribution is -2.23. The number of unbranched alkanes of at least 4 members (excludes halogenated alkanes) is 1. The van der Waals surface area contributed by atoms with Crippen molar-refractivity contribution < 1.29 is 9.53 Å². The number of hydrogen-bond donors (Lipinski definition) is 0. The first-order valence-corrected chi connectivity index (χ1v) is 4.72. The number of Topliss-reactive ketones (excluding diaryl/α,β-unsaturated/α-hetero) is 1. The van der Waals surface area contributed by atoms with Crippen LogP contribution in [0.5, 0.6) is 0 Å². The van der Waals surface area contributed by atoms with Crippen molar-refractivity contribution in [3.8, 4) is 0 Å². The summed E-state index contributed by atoms with van der Waals surface area (Å²) in [6, 6.07) is 0. The van der Waals surface area contributed by atoms with E-state index in [1.807, 2.05) is 26.8 Å². The number of carbonyl (C=O) groups excluding carboxylic acids is 1. The number of allylic oxidation sites excluding steroid dienone is 1. The molecule has 2 heteroatoms. The molecular weight excluding hydrogens is 164 g/mol. The van der Waals surface area contributed by atoms with E-state index in [2.05, 4.69) is 6.58 Å². The van der Waals surface area contributed by atoms with Gasteiger partial charge in [-0.1, -0.05) is 6.08 Å². The van der Waals surface area contributed by atoms with E-state index < -0.39 is 0 Å². The smallest absolute Gasteiger partial charge is 0.158 e. The molecule has 0 rings (SSSR count). The van der Waals surface area contributed by atoms with Gasteiger partial charge in [0.05, 0.1) is 5.60 Å². The topological polar surface area (TPSA) is 26.3 Å². The molecule has 0 N–H and O–H groups in total. The van der Waals surface area contributed by atoms with E-state index in [0.717, 1.165) is 12.8 Å². The van der Waals surface area contributed by atoms with Gasteiger partial charge in [0.25, 0.3) is 0 Å². The van der Waals surface area contributed by atoms with Gasteiger partial charge < -0.3 is 4.74 Å². The predicted octanol–water partition coefficient (Wildman–Crippen LogP) is 2.73. The third-order valence-electron chi connectivity index (χ3n) is 1.53. The van der Waals surface area contributed by atoms with Gasteiger partial charge in [-0.3, -0.25) is 4.79 Å². The molecule has 0 amide bonds. The third-order valence-corrected chi connectivity index (χ3v) is 1.53. The highest BCUT2D eigenvalue weighted by Crippen LogP contribution is 2.07. The second kappa shape index (κ2) is 5.92. The zero-order chi connectivity index (χ0) is 10.3. The summed E-state index contributed by atoms with van der Waals surface area (Å²) in [6.45, 7) is 9.68. The summed E-state index contributed by atoms with van der Waals surface area (Å²) in [5.41, 5.74) is -0.214. The maximum absolute atomic E-state index is 11.2. The van der Waals surface area contributed by atoms with Gasteiger partial charge in [-0.15, -0.1) is 6.58 Å². The average molecular weight is 184 g/mol. The maximum atomic E-state index is 11.2. The summed E-state index contributed by atoms with van der Waals surface area (Å²) < 4.78 is 5.35. The molecule has 13 heavy (non-hydrogen) atoms. The lowest BCUT2D eigenvalue weighted by atomic mass is 10.1. The molecule has 0 aliphatic carbocycles. The second-order valence-electron chi connectivity index (χ2n) is 4.12. The first-order chi connectivity index (χ1) is 5.95. The highest BCUT2D eigenvalue weighted by atomic mass is 16.5. The van der Waals surface area contributed by atoms with Crippen molar-refractivity contribution in [1.29, 1.82) is 0 Å². The predicted molar refractivity (Wildman–Crippen MR) is 54.8 cm³/mol. The van der Waals surface area contributed by atoms with Crippen molar-refractivity contribution >= 4 is 5.78 Å². The van der Waals surface area contributed by atoms with Crippen LogP contribution in [0.2, 0.25) is 0 Å². The summed E-state index contributed by atoms with van der Waals surface area (Å²) in [5.74, 6) is 0.178. The number of ketones is 1. The van der Waals surface area contributed by atoms with E-state index in [1.165, 1.54) is 0 Å². The summed E-state index contributed by atoms with van der Waals surface area (Å²) in [4.78, 5) is 11.2. The van der Waals surface area contributed by atoms with Crippen LogP contribution < -0.4 is 0 Å². The molecule has 0 aliphatic rings. The van der Waals surface area contributed by atoms with Gasteiger partial charge in [-0.05, 0) is 33.6 Å². The van der Waals surface area contributed by atoms with Crippen molar-refractivity contribution in [3.63, 3.8) is 0 Å². The maximum Gasteiger partial charge on any atom is 0.158 e. The molecular formula is C11H20O2. The van der Waals surface area contributed by atoms with Gasteiger partial charge in [0.1, 0.15) is 6.61 Å². The second-order valence-corrected chi connectivity index (χ2v) is 4.12. The van der Waals surface area contributed by atoms with Crippen LogP contribution in [0, 0.1) is 0 Å². The molecule has 0 unspecified atom stereocenters. The summed E-state index contributed by atoms with van der Waals surface area (Å²) in [7, 11) is 0. The van der Waals surface area contributed by atoms with Crippen molar-refractivity contribution in [2.45, 2.75) is 45.6 Å². The first kappa shape index (κ1) is 12.4. The van der Waals surface area contributed by atoms with E-state index in [4.69, 9.17) is 4.74 Å². The fourth-order valence-corrected chi connectivity index (χ4v) is 0.813. The molecule has 0 aromatic rings. The SMILES string of the molecule is C=CCCCC(=O)COC(C)(C)C. The Morgan fingerprint density at radius 3 is 2.54 bits per heavy atom. The highest BCUT2D eigenvalue weighted by molar-refractivity contribution is 5.79. The average Bonchev–Trinajstić information content (AvgIpc) is 2.00. The number of carbonyl (C=O) groups is 1. The Balaban J connectivity index is 3.46. The van der Waals surface area contributed by atoms with Crippen LogP contribution >= 0.6 is 0 Å². The Labute approximate surface area is 81.0 Å². The van der Waals surface area contributed by atoms with Gasteiger partial charge in [0.15, 0.2) is 5.78 Å².